The Hall–Kier alpha value is -1.03. The fraction of sp³-hybridized carbons (Fsp3) is 0.462. The van der Waals surface area contributed by atoms with Gasteiger partial charge in [0.05, 0.1) is 16.5 Å². The average Bonchev–Trinajstić information content (AvgIpc) is 2.36. The summed E-state index contributed by atoms with van der Waals surface area (Å²) in [5.41, 5.74) is 1.15. The summed E-state index contributed by atoms with van der Waals surface area (Å²) in [6, 6.07) is 6.53. The van der Waals surface area contributed by atoms with Crippen molar-refractivity contribution in [1.82, 2.24) is 4.72 Å². The van der Waals surface area contributed by atoms with E-state index in [1.165, 1.54) is 18.2 Å². The normalized spacial score (nSPS) is 12.2. The number of benzene rings is 1. The van der Waals surface area contributed by atoms with Crippen LogP contribution in [-0.4, -0.2) is 26.0 Å². The summed E-state index contributed by atoms with van der Waals surface area (Å²) in [5, 5.41) is 8.84. The van der Waals surface area contributed by atoms with Crippen LogP contribution in [0.4, 0.5) is 0 Å². The van der Waals surface area contributed by atoms with Gasteiger partial charge in [-0.1, -0.05) is 0 Å². The van der Waals surface area contributed by atoms with E-state index in [-0.39, 0.29) is 9.64 Å². The molecule has 0 fully saturated rings. The van der Waals surface area contributed by atoms with Crippen molar-refractivity contribution < 1.29 is 8.42 Å². The highest BCUT2D eigenvalue weighted by Gasteiger charge is 2.21. The number of thioether (sulfide) groups is 1. The fourth-order valence-corrected chi connectivity index (χ4v) is 2.96. The zero-order valence-electron chi connectivity index (χ0n) is 11.5. The van der Waals surface area contributed by atoms with E-state index >= 15 is 0 Å². The molecule has 0 saturated heterocycles. The lowest BCUT2D eigenvalue weighted by Crippen LogP contribution is -2.36. The largest absolute Gasteiger partial charge is 0.240 e. The molecule has 0 aliphatic rings. The minimum Gasteiger partial charge on any atom is -0.210 e. The van der Waals surface area contributed by atoms with Crippen molar-refractivity contribution in [3.63, 3.8) is 0 Å². The Morgan fingerprint density at radius 3 is 2.53 bits per heavy atom. The molecule has 19 heavy (non-hydrogen) atoms. The van der Waals surface area contributed by atoms with Gasteiger partial charge < -0.3 is 0 Å². The number of nitrogens with zero attached hydrogens (tertiary/aromatic N) is 1. The van der Waals surface area contributed by atoms with Gasteiger partial charge in [-0.3, -0.25) is 0 Å². The second-order valence-electron chi connectivity index (χ2n) is 4.88. The summed E-state index contributed by atoms with van der Waals surface area (Å²) in [7, 11) is -3.52. The highest BCUT2D eigenvalue weighted by Crippen LogP contribution is 2.21. The van der Waals surface area contributed by atoms with Gasteiger partial charge in [-0.15, -0.1) is 0 Å². The summed E-state index contributed by atoms with van der Waals surface area (Å²) in [6.07, 6.45) is 1.94. The third-order valence-corrected chi connectivity index (χ3v) is 5.52. The quantitative estimate of drug-likeness (QED) is 0.905. The molecule has 0 heterocycles. The zero-order valence-corrected chi connectivity index (χ0v) is 13.2. The van der Waals surface area contributed by atoms with Gasteiger partial charge in [-0.2, -0.15) is 17.0 Å². The molecule has 0 saturated carbocycles. The smallest absolute Gasteiger partial charge is 0.210 e. The van der Waals surface area contributed by atoms with Gasteiger partial charge >= 0.3 is 0 Å². The molecule has 6 heteroatoms. The van der Waals surface area contributed by atoms with E-state index in [1.54, 1.807) is 18.7 Å². The van der Waals surface area contributed by atoms with Gasteiger partial charge in [-0.05, 0) is 50.8 Å². The first kappa shape index (κ1) is 16.0. The molecular weight excluding hydrogens is 280 g/mol. The Morgan fingerprint density at radius 1 is 1.42 bits per heavy atom. The molecule has 1 aromatic carbocycles. The lowest BCUT2D eigenvalue weighted by atomic mass is 10.1. The average molecular weight is 298 g/mol. The molecule has 0 amide bonds. The lowest BCUT2D eigenvalue weighted by molar-refractivity contribution is 0.570. The Morgan fingerprint density at radius 2 is 2.05 bits per heavy atom. The van der Waals surface area contributed by atoms with Crippen molar-refractivity contribution in [2.45, 2.75) is 30.4 Å². The Kier molecular flexibility index (Phi) is 5.02. The SMILES string of the molecule is CSC(C)(C)CNS(=O)(=O)c1ccc(C#N)c(C)c1. The lowest BCUT2D eigenvalue weighted by Gasteiger charge is -2.22. The van der Waals surface area contributed by atoms with E-state index in [0.29, 0.717) is 17.7 Å². The second-order valence-corrected chi connectivity index (χ2v) is 8.16. The maximum absolute atomic E-state index is 12.1. The van der Waals surface area contributed by atoms with Crippen molar-refractivity contribution in [2.75, 3.05) is 12.8 Å². The predicted molar refractivity (Wildman–Crippen MR) is 78.7 cm³/mol. The molecule has 1 N–H and O–H groups in total. The van der Waals surface area contributed by atoms with Crippen LogP contribution in [0.25, 0.3) is 0 Å². The Labute approximate surface area is 119 Å². The van der Waals surface area contributed by atoms with Crippen LogP contribution in [0.15, 0.2) is 23.1 Å². The van der Waals surface area contributed by atoms with E-state index in [0.717, 1.165) is 0 Å². The number of hydrogen-bond donors (Lipinski definition) is 1. The molecule has 0 atom stereocenters. The van der Waals surface area contributed by atoms with Crippen molar-refractivity contribution in [1.29, 1.82) is 5.26 Å². The van der Waals surface area contributed by atoms with Gasteiger partial charge in [0.25, 0.3) is 0 Å². The molecule has 4 nitrogen and oxygen atoms in total. The number of rotatable bonds is 5. The minimum absolute atomic E-state index is 0.158. The summed E-state index contributed by atoms with van der Waals surface area (Å²) in [4.78, 5) is 0.195. The third kappa shape index (κ3) is 4.23. The van der Waals surface area contributed by atoms with Gasteiger partial charge in [0.2, 0.25) is 10.0 Å². The van der Waals surface area contributed by atoms with E-state index in [1.807, 2.05) is 26.2 Å². The molecule has 0 spiro atoms. The Bertz CT molecular complexity index is 602. The molecule has 0 radical (unpaired) electrons. The van der Waals surface area contributed by atoms with E-state index < -0.39 is 10.0 Å². The molecule has 1 aromatic rings. The zero-order chi connectivity index (χ0) is 14.7. The standard InChI is InChI=1S/C13H18N2O2S2/c1-10-7-12(6-5-11(10)8-14)19(16,17)15-9-13(2,3)18-4/h5-7,15H,9H2,1-4H3. The van der Waals surface area contributed by atoms with Crippen molar-refractivity contribution in [3.8, 4) is 6.07 Å². The molecule has 0 aliphatic carbocycles. The van der Waals surface area contributed by atoms with E-state index in [2.05, 4.69) is 4.72 Å². The molecule has 1 rings (SSSR count). The molecule has 0 aromatic heterocycles. The van der Waals surface area contributed by atoms with Crippen LogP contribution in [0.1, 0.15) is 25.0 Å². The van der Waals surface area contributed by atoms with Crippen molar-refractivity contribution in [2.24, 2.45) is 0 Å². The molecular formula is C13H18N2O2S2. The summed E-state index contributed by atoms with van der Waals surface area (Å²) >= 11 is 1.60. The van der Waals surface area contributed by atoms with Crippen LogP contribution < -0.4 is 4.72 Å². The highest BCUT2D eigenvalue weighted by molar-refractivity contribution is 8.00. The predicted octanol–water partition coefficient (Wildman–Crippen LogP) is 2.29. The fourth-order valence-electron chi connectivity index (χ4n) is 1.35. The van der Waals surface area contributed by atoms with E-state index in [9.17, 15) is 8.42 Å². The highest BCUT2D eigenvalue weighted by atomic mass is 32.2. The van der Waals surface area contributed by atoms with Gasteiger partial charge in [0.15, 0.2) is 0 Å². The summed E-state index contributed by atoms with van der Waals surface area (Å²) < 4.78 is 26.7. The van der Waals surface area contributed by atoms with E-state index in [4.69, 9.17) is 5.26 Å². The molecule has 0 aliphatic heterocycles. The van der Waals surface area contributed by atoms with Crippen molar-refractivity contribution in [3.05, 3.63) is 29.3 Å². The van der Waals surface area contributed by atoms with Crippen LogP contribution in [0.3, 0.4) is 0 Å². The van der Waals surface area contributed by atoms with Gasteiger partial charge in [0, 0.05) is 11.3 Å². The van der Waals surface area contributed by atoms with Crippen LogP contribution in [0, 0.1) is 18.3 Å². The van der Waals surface area contributed by atoms with Gasteiger partial charge in [-0.25, -0.2) is 13.1 Å². The molecule has 0 bridgehead atoms. The number of sulfonamides is 1. The van der Waals surface area contributed by atoms with Crippen molar-refractivity contribution >= 4 is 21.8 Å². The first-order valence-corrected chi connectivity index (χ1v) is 8.48. The summed E-state index contributed by atoms with van der Waals surface area (Å²) in [6.45, 7) is 6.04. The van der Waals surface area contributed by atoms with Crippen LogP contribution in [-0.2, 0) is 10.0 Å². The number of aryl methyl sites for hydroxylation is 1. The second kappa shape index (κ2) is 5.95. The van der Waals surface area contributed by atoms with Crippen LogP contribution in [0.5, 0.6) is 0 Å². The molecule has 0 unspecified atom stereocenters. The van der Waals surface area contributed by atoms with Gasteiger partial charge in [0.1, 0.15) is 0 Å². The number of hydrogen-bond acceptors (Lipinski definition) is 4. The first-order chi connectivity index (χ1) is 8.72. The summed E-state index contributed by atoms with van der Waals surface area (Å²) in [5.74, 6) is 0. The maximum Gasteiger partial charge on any atom is 0.240 e. The maximum atomic E-state index is 12.1. The number of nitrogens with one attached hydrogen (secondary N) is 1. The molecule has 104 valence electrons. The topological polar surface area (TPSA) is 70.0 Å². The third-order valence-electron chi connectivity index (χ3n) is 2.87. The minimum atomic E-state index is -3.52. The number of nitriles is 1. The first-order valence-electron chi connectivity index (χ1n) is 5.77. The van der Waals surface area contributed by atoms with Crippen LogP contribution in [0.2, 0.25) is 0 Å². The Balaban J connectivity index is 2.96. The monoisotopic (exact) mass is 298 g/mol. The van der Waals surface area contributed by atoms with Crippen LogP contribution >= 0.6 is 11.8 Å².